The number of rotatable bonds is 5. The summed E-state index contributed by atoms with van der Waals surface area (Å²) in [6, 6.07) is 10.5. The number of carbonyl (C=O) groups excluding carboxylic acids is 1. The standard InChI is InChI=1S/C18H18N2O5/c1-20-12-9-11(7-8-13(12)25-18(20)22)10-19-17(21)16-14(23-2)5-4-6-15(16)24-3/h4-9H,10H2,1-3H3,(H,19,21). The second kappa shape index (κ2) is 6.72. The molecule has 3 aromatic rings. The van der Waals surface area contributed by atoms with Crippen molar-refractivity contribution in [1.82, 2.24) is 9.88 Å². The number of aryl methyl sites for hydroxylation is 1. The second-order valence-corrected chi connectivity index (χ2v) is 5.45. The molecular weight excluding hydrogens is 324 g/mol. The highest BCUT2D eigenvalue weighted by Crippen LogP contribution is 2.28. The van der Waals surface area contributed by atoms with Crippen molar-refractivity contribution in [3.05, 3.63) is 58.1 Å². The Balaban J connectivity index is 1.83. The number of fused-ring (bicyclic) bond motifs is 1. The third-order valence-corrected chi connectivity index (χ3v) is 3.96. The maximum absolute atomic E-state index is 12.6. The van der Waals surface area contributed by atoms with Crippen molar-refractivity contribution in [2.75, 3.05) is 14.2 Å². The van der Waals surface area contributed by atoms with Crippen LogP contribution < -0.4 is 20.5 Å². The van der Waals surface area contributed by atoms with Gasteiger partial charge < -0.3 is 19.2 Å². The predicted molar refractivity (Wildman–Crippen MR) is 92.2 cm³/mol. The molecule has 0 unspecified atom stereocenters. The summed E-state index contributed by atoms with van der Waals surface area (Å²) in [5, 5.41) is 2.84. The quantitative estimate of drug-likeness (QED) is 0.767. The Morgan fingerprint density at radius 3 is 2.48 bits per heavy atom. The minimum absolute atomic E-state index is 0.287. The Morgan fingerprint density at radius 1 is 1.16 bits per heavy atom. The molecule has 3 rings (SSSR count). The topological polar surface area (TPSA) is 82.7 Å². The van der Waals surface area contributed by atoms with Crippen LogP contribution in [0.25, 0.3) is 11.1 Å². The van der Waals surface area contributed by atoms with E-state index in [-0.39, 0.29) is 12.5 Å². The Morgan fingerprint density at radius 2 is 1.84 bits per heavy atom. The van der Waals surface area contributed by atoms with E-state index in [0.717, 1.165) is 5.56 Å². The normalized spacial score (nSPS) is 10.7. The lowest BCUT2D eigenvalue weighted by molar-refractivity contribution is 0.0944. The number of methoxy groups -OCH3 is 2. The van der Waals surface area contributed by atoms with E-state index in [2.05, 4.69) is 5.32 Å². The van der Waals surface area contributed by atoms with E-state index >= 15 is 0 Å². The van der Waals surface area contributed by atoms with E-state index < -0.39 is 5.76 Å². The van der Waals surface area contributed by atoms with Crippen LogP contribution in [-0.2, 0) is 13.6 Å². The molecule has 0 atom stereocenters. The summed E-state index contributed by atoms with van der Waals surface area (Å²) < 4.78 is 17.0. The van der Waals surface area contributed by atoms with Crippen LogP contribution in [-0.4, -0.2) is 24.7 Å². The Labute approximate surface area is 143 Å². The number of oxazole rings is 1. The van der Waals surface area contributed by atoms with Gasteiger partial charge in [0, 0.05) is 13.6 Å². The summed E-state index contributed by atoms with van der Waals surface area (Å²) in [5.41, 5.74) is 2.36. The first-order valence-corrected chi connectivity index (χ1v) is 7.62. The van der Waals surface area contributed by atoms with Crippen molar-refractivity contribution in [2.24, 2.45) is 7.05 Å². The summed E-state index contributed by atoms with van der Waals surface area (Å²) in [6.07, 6.45) is 0. The average molecular weight is 342 g/mol. The van der Waals surface area contributed by atoms with Gasteiger partial charge in [0.2, 0.25) is 0 Å². The van der Waals surface area contributed by atoms with Gasteiger partial charge in [-0.3, -0.25) is 9.36 Å². The van der Waals surface area contributed by atoms with Crippen LogP contribution in [0, 0.1) is 0 Å². The number of amides is 1. The lowest BCUT2D eigenvalue weighted by Crippen LogP contribution is -2.24. The molecular formula is C18H18N2O5. The molecule has 0 radical (unpaired) electrons. The summed E-state index contributed by atoms with van der Waals surface area (Å²) in [4.78, 5) is 24.1. The van der Waals surface area contributed by atoms with Gasteiger partial charge in [0.15, 0.2) is 5.58 Å². The molecule has 1 amide bonds. The minimum Gasteiger partial charge on any atom is -0.496 e. The molecule has 0 saturated carbocycles. The van der Waals surface area contributed by atoms with E-state index in [9.17, 15) is 9.59 Å². The lowest BCUT2D eigenvalue weighted by atomic mass is 10.1. The van der Waals surface area contributed by atoms with Gasteiger partial charge >= 0.3 is 5.76 Å². The zero-order valence-corrected chi connectivity index (χ0v) is 14.2. The first-order chi connectivity index (χ1) is 12.0. The van der Waals surface area contributed by atoms with E-state index in [0.29, 0.717) is 28.2 Å². The van der Waals surface area contributed by atoms with Gasteiger partial charge in [-0.15, -0.1) is 0 Å². The maximum Gasteiger partial charge on any atom is 0.419 e. The van der Waals surface area contributed by atoms with Crippen LogP contribution in [0.2, 0.25) is 0 Å². The largest absolute Gasteiger partial charge is 0.496 e. The highest BCUT2D eigenvalue weighted by Gasteiger charge is 2.18. The van der Waals surface area contributed by atoms with E-state index in [4.69, 9.17) is 13.9 Å². The summed E-state index contributed by atoms with van der Waals surface area (Å²) >= 11 is 0. The lowest BCUT2D eigenvalue weighted by Gasteiger charge is -2.13. The Kier molecular flexibility index (Phi) is 4.47. The van der Waals surface area contributed by atoms with Gasteiger partial charge in [0.05, 0.1) is 19.7 Å². The van der Waals surface area contributed by atoms with E-state index in [1.165, 1.54) is 18.8 Å². The third kappa shape index (κ3) is 3.08. The fraction of sp³-hybridized carbons (Fsp3) is 0.222. The van der Waals surface area contributed by atoms with Gasteiger partial charge in [-0.05, 0) is 29.8 Å². The number of aromatic nitrogens is 1. The first kappa shape index (κ1) is 16.6. The smallest absolute Gasteiger partial charge is 0.419 e. The van der Waals surface area contributed by atoms with Gasteiger partial charge in [-0.2, -0.15) is 0 Å². The van der Waals surface area contributed by atoms with Crippen LogP contribution in [0.3, 0.4) is 0 Å². The third-order valence-electron chi connectivity index (χ3n) is 3.96. The first-order valence-electron chi connectivity index (χ1n) is 7.62. The zero-order valence-electron chi connectivity index (χ0n) is 14.2. The second-order valence-electron chi connectivity index (χ2n) is 5.45. The highest BCUT2D eigenvalue weighted by atomic mass is 16.5. The van der Waals surface area contributed by atoms with E-state index in [1.807, 2.05) is 0 Å². The molecule has 0 aliphatic rings. The zero-order chi connectivity index (χ0) is 18.0. The van der Waals surface area contributed by atoms with Gasteiger partial charge in [-0.25, -0.2) is 4.79 Å². The molecule has 1 N–H and O–H groups in total. The average Bonchev–Trinajstić information content (AvgIpc) is 2.92. The van der Waals surface area contributed by atoms with Crippen LogP contribution in [0.5, 0.6) is 11.5 Å². The number of ether oxygens (including phenoxy) is 2. The van der Waals surface area contributed by atoms with Crippen molar-refractivity contribution in [3.8, 4) is 11.5 Å². The Bertz CT molecular complexity index is 965. The number of hydrogen-bond donors (Lipinski definition) is 1. The Hall–Kier alpha value is -3.22. The number of nitrogens with one attached hydrogen (secondary N) is 1. The van der Waals surface area contributed by atoms with Crippen molar-refractivity contribution >= 4 is 17.0 Å². The van der Waals surface area contributed by atoms with Gasteiger partial charge in [0.1, 0.15) is 17.1 Å². The molecule has 130 valence electrons. The summed E-state index contributed by atoms with van der Waals surface area (Å²) in [7, 11) is 4.63. The van der Waals surface area contributed by atoms with Gasteiger partial charge in [0.25, 0.3) is 5.91 Å². The number of carbonyl (C=O) groups is 1. The van der Waals surface area contributed by atoms with Crippen LogP contribution in [0.4, 0.5) is 0 Å². The molecule has 25 heavy (non-hydrogen) atoms. The van der Waals surface area contributed by atoms with Crippen LogP contribution >= 0.6 is 0 Å². The molecule has 1 aromatic heterocycles. The molecule has 0 bridgehead atoms. The van der Waals surface area contributed by atoms with E-state index in [1.54, 1.807) is 43.4 Å². The molecule has 7 nitrogen and oxygen atoms in total. The van der Waals surface area contributed by atoms with Crippen molar-refractivity contribution in [3.63, 3.8) is 0 Å². The molecule has 0 aliphatic carbocycles. The molecule has 0 fully saturated rings. The summed E-state index contributed by atoms with van der Waals surface area (Å²) in [6.45, 7) is 0.287. The number of nitrogens with zero attached hydrogens (tertiary/aromatic N) is 1. The fourth-order valence-corrected chi connectivity index (χ4v) is 2.63. The van der Waals surface area contributed by atoms with Gasteiger partial charge in [-0.1, -0.05) is 12.1 Å². The van der Waals surface area contributed by atoms with Crippen LogP contribution in [0.15, 0.2) is 45.6 Å². The monoisotopic (exact) mass is 342 g/mol. The molecule has 0 spiro atoms. The molecule has 0 saturated heterocycles. The number of benzene rings is 2. The maximum atomic E-state index is 12.6. The van der Waals surface area contributed by atoms with Crippen molar-refractivity contribution < 1.29 is 18.7 Å². The van der Waals surface area contributed by atoms with Crippen molar-refractivity contribution in [2.45, 2.75) is 6.54 Å². The SMILES string of the molecule is COc1cccc(OC)c1C(=O)NCc1ccc2oc(=O)n(C)c2c1. The number of hydrogen-bond acceptors (Lipinski definition) is 5. The molecule has 0 aliphatic heterocycles. The van der Waals surface area contributed by atoms with Crippen LogP contribution in [0.1, 0.15) is 15.9 Å². The van der Waals surface area contributed by atoms with Crippen molar-refractivity contribution in [1.29, 1.82) is 0 Å². The molecule has 7 heteroatoms. The highest BCUT2D eigenvalue weighted by molar-refractivity contribution is 5.99. The minimum atomic E-state index is -0.421. The predicted octanol–water partition coefficient (Wildman–Crippen LogP) is 2.08. The summed E-state index contributed by atoms with van der Waals surface area (Å²) in [5.74, 6) is 0.138. The fourth-order valence-electron chi connectivity index (χ4n) is 2.63. The molecule has 1 heterocycles. The molecule has 2 aromatic carbocycles.